The van der Waals surface area contributed by atoms with Crippen molar-refractivity contribution in [3.63, 3.8) is 0 Å². The normalized spacial score (nSPS) is 25.2. The van der Waals surface area contributed by atoms with Crippen LogP contribution in [0.15, 0.2) is 0 Å². The molecule has 0 spiro atoms. The van der Waals surface area contributed by atoms with Crippen molar-refractivity contribution in [2.75, 3.05) is 19.6 Å². The summed E-state index contributed by atoms with van der Waals surface area (Å²) in [5.74, 6) is 0. The van der Waals surface area contributed by atoms with E-state index in [1.165, 1.54) is 4.90 Å². The standard InChI is InChI=1S/C9H18N2O2/c1-7(2)10-4-5-11(9(12)13)8(3)6-10/h7-8H,4-6H2,1-3H3,(H,12,13)/t8-/m1/s1. The van der Waals surface area contributed by atoms with Gasteiger partial charge in [0.05, 0.1) is 0 Å². The van der Waals surface area contributed by atoms with Crippen molar-refractivity contribution >= 4 is 6.09 Å². The SMILES string of the molecule is CC(C)N1CCN(C(=O)O)[C@H](C)C1. The molecule has 1 atom stereocenters. The molecule has 13 heavy (non-hydrogen) atoms. The zero-order chi connectivity index (χ0) is 10.0. The maximum atomic E-state index is 10.7. The Morgan fingerprint density at radius 1 is 1.46 bits per heavy atom. The Kier molecular flexibility index (Phi) is 3.14. The molecule has 0 aromatic heterocycles. The monoisotopic (exact) mass is 186 g/mol. The van der Waals surface area contributed by atoms with Gasteiger partial charge in [0.2, 0.25) is 0 Å². The summed E-state index contributed by atoms with van der Waals surface area (Å²) in [4.78, 5) is 14.6. The lowest BCUT2D eigenvalue weighted by atomic mass is 10.1. The summed E-state index contributed by atoms with van der Waals surface area (Å²) in [6.07, 6.45) is -0.795. The average Bonchev–Trinajstić information content (AvgIpc) is 2.03. The summed E-state index contributed by atoms with van der Waals surface area (Å²) in [5, 5.41) is 8.84. The lowest BCUT2D eigenvalue weighted by Gasteiger charge is -2.40. The van der Waals surface area contributed by atoms with Crippen LogP contribution >= 0.6 is 0 Å². The molecule has 4 nitrogen and oxygen atoms in total. The van der Waals surface area contributed by atoms with Crippen LogP contribution in [0.3, 0.4) is 0 Å². The molecule has 1 aliphatic heterocycles. The van der Waals surface area contributed by atoms with Crippen LogP contribution in [0.2, 0.25) is 0 Å². The van der Waals surface area contributed by atoms with Gasteiger partial charge in [-0.25, -0.2) is 4.79 Å². The number of amides is 1. The number of carbonyl (C=O) groups is 1. The van der Waals surface area contributed by atoms with Gasteiger partial charge in [0, 0.05) is 31.7 Å². The molecule has 76 valence electrons. The van der Waals surface area contributed by atoms with E-state index in [9.17, 15) is 4.79 Å². The number of piperazine rings is 1. The van der Waals surface area contributed by atoms with Crippen LogP contribution in [-0.4, -0.2) is 52.7 Å². The minimum Gasteiger partial charge on any atom is -0.465 e. The molecule has 0 saturated carbocycles. The maximum Gasteiger partial charge on any atom is 0.407 e. The minimum atomic E-state index is -0.795. The van der Waals surface area contributed by atoms with E-state index in [1.807, 2.05) is 6.92 Å². The largest absolute Gasteiger partial charge is 0.465 e. The van der Waals surface area contributed by atoms with Crippen LogP contribution in [-0.2, 0) is 0 Å². The van der Waals surface area contributed by atoms with E-state index in [0.717, 1.165) is 13.1 Å². The van der Waals surface area contributed by atoms with Crippen LogP contribution in [0.5, 0.6) is 0 Å². The van der Waals surface area contributed by atoms with Crippen LogP contribution < -0.4 is 0 Å². The van der Waals surface area contributed by atoms with E-state index in [1.54, 1.807) is 0 Å². The Balaban J connectivity index is 2.51. The smallest absolute Gasteiger partial charge is 0.407 e. The van der Waals surface area contributed by atoms with Gasteiger partial charge in [-0.2, -0.15) is 0 Å². The summed E-state index contributed by atoms with van der Waals surface area (Å²) in [6.45, 7) is 8.59. The van der Waals surface area contributed by atoms with Crippen molar-refractivity contribution in [3.8, 4) is 0 Å². The highest BCUT2D eigenvalue weighted by atomic mass is 16.4. The Morgan fingerprint density at radius 3 is 2.46 bits per heavy atom. The number of carboxylic acid groups (broad SMARTS) is 1. The number of hydrogen-bond acceptors (Lipinski definition) is 2. The molecule has 0 aromatic rings. The van der Waals surface area contributed by atoms with E-state index in [0.29, 0.717) is 12.6 Å². The number of hydrogen-bond donors (Lipinski definition) is 1. The Morgan fingerprint density at radius 2 is 2.08 bits per heavy atom. The summed E-state index contributed by atoms with van der Waals surface area (Å²) < 4.78 is 0. The molecule has 1 fully saturated rings. The van der Waals surface area contributed by atoms with E-state index >= 15 is 0 Å². The first-order valence-corrected chi connectivity index (χ1v) is 4.76. The molecule has 1 amide bonds. The molecule has 0 radical (unpaired) electrons. The topological polar surface area (TPSA) is 43.8 Å². The molecule has 0 aliphatic carbocycles. The van der Waals surface area contributed by atoms with E-state index in [-0.39, 0.29) is 6.04 Å². The van der Waals surface area contributed by atoms with Gasteiger partial charge in [-0.15, -0.1) is 0 Å². The highest BCUT2D eigenvalue weighted by Gasteiger charge is 2.27. The first kappa shape index (κ1) is 10.3. The number of nitrogens with zero attached hydrogens (tertiary/aromatic N) is 2. The van der Waals surface area contributed by atoms with Crippen LogP contribution in [0.25, 0.3) is 0 Å². The summed E-state index contributed by atoms with van der Waals surface area (Å²) in [7, 11) is 0. The highest BCUT2D eigenvalue weighted by Crippen LogP contribution is 2.11. The zero-order valence-corrected chi connectivity index (χ0v) is 8.53. The second-order valence-electron chi connectivity index (χ2n) is 3.91. The Bertz CT molecular complexity index is 194. The third kappa shape index (κ3) is 2.34. The van der Waals surface area contributed by atoms with Gasteiger partial charge in [0.25, 0.3) is 0 Å². The van der Waals surface area contributed by atoms with Gasteiger partial charge in [-0.1, -0.05) is 0 Å². The van der Waals surface area contributed by atoms with Crippen molar-refractivity contribution in [2.24, 2.45) is 0 Å². The lowest BCUT2D eigenvalue weighted by Crippen LogP contribution is -2.55. The maximum absolute atomic E-state index is 10.7. The lowest BCUT2D eigenvalue weighted by molar-refractivity contribution is 0.0610. The summed E-state index contributed by atoms with van der Waals surface area (Å²) >= 11 is 0. The molecular weight excluding hydrogens is 168 g/mol. The second kappa shape index (κ2) is 3.96. The summed E-state index contributed by atoms with van der Waals surface area (Å²) in [5.41, 5.74) is 0. The minimum absolute atomic E-state index is 0.119. The Hall–Kier alpha value is -0.770. The van der Waals surface area contributed by atoms with Crippen molar-refractivity contribution in [2.45, 2.75) is 32.9 Å². The molecule has 1 saturated heterocycles. The highest BCUT2D eigenvalue weighted by molar-refractivity contribution is 5.65. The van der Waals surface area contributed by atoms with Crippen molar-refractivity contribution in [1.29, 1.82) is 0 Å². The number of rotatable bonds is 1. The first-order chi connectivity index (χ1) is 6.02. The molecule has 0 aromatic carbocycles. The first-order valence-electron chi connectivity index (χ1n) is 4.76. The van der Waals surface area contributed by atoms with Gasteiger partial charge in [0.15, 0.2) is 0 Å². The van der Waals surface area contributed by atoms with E-state index in [2.05, 4.69) is 18.7 Å². The third-order valence-corrected chi connectivity index (χ3v) is 2.63. The molecule has 4 heteroatoms. The average molecular weight is 186 g/mol. The molecule has 0 bridgehead atoms. The quantitative estimate of drug-likeness (QED) is 0.666. The van der Waals surface area contributed by atoms with E-state index < -0.39 is 6.09 Å². The molecule has 1 heterocycles. The fourth-order valence-corrected chi connectivity index (χ4v) is 1.74. The molecule has 0 unspecified atom stereocenters. The fraction of sp³-hybridized carbons (Fsp3) is 0.889. The molecule has 1 aliphatic rings. The zero-order valence-electron chi connectivity index (χ0n) is 8.53. The van der Waals surface area contributed by atoms with Crippen LogP contribution in [0.4, 0.5) is 4.79 Å². The second-order valence-corrected chi connectivity index (χ2v) is 3.91. The van der Waals surface area contributed by atoms with Crippen molar-refractivity contribution in [3.05, 3.63) is 0 Å². The molecule has 1 rings (SSSR count). The molecule has 1 N–H and O–H groups in total. The Labute approximate surface area is 79.1 Å². The van der Waals surface area contributed by atoms with Crippen molar-refractivity contribution < 1.29 is 9.90 Å². The van der Waals surface area contributed by atoms with Gasteiger partial charge >= 0.3 is 6.09 Å². The predicted molar refractivity (Wildman–Crippen MR) is 50.9 cm³/mol. The van der Waals surface area contributed by atoms with Crippen LogP contribution in [0, 0.1) is 0 Å². The van der Waals surface area contributed by atoms with Gasteiger partial charge < -0.3 is 10.0 Å². The van der Waals surface area contributed by atoms with Gasteiger partial charge in [-0.3, -0.25) is 4.90 Å². The third-order valence-electron chi connectivity index (χ3n) is 2.63. The molecular formula is C9H18N2O2. The van der Waals surface area contributed by atoms with E-state index in [4.69, 9.17) is 5.11 Å². The predicted octanol–water partition coefficient (Wildman–Crippen LogP) is 1.08. The fourth-order valence-electron chi connectivity index (χ4n) is 1.74. The van der Waals surface area contributed by atoms with Crippen LogP contribution in [0.1, 0.15) is 20.8 Å². The van der Waals surface area contributed by atoms with Gasteiger partial charge in [0.1, 0.15) is 0 Å². The van der Waals surface area contributed by atoms with Crippen molar-refractivity contribution in [1.82, 2.24) is 9.80 Å². The van der Waals surface area contributed by atoms with Gasteiger partial charge in [-0.05, 0) is 20.8 Å². The summed E-state index contributed by atoms with van der Waals surface area (Å²) in [6, 6.07) is 0.632.